The van der Waals surface area contributed by atoms with Crippen molar-refractivity contribution in [1.29, 1.82) is 0 Å². The van der Waals surface area contributed by atoms with Crippen molar-refractivity contribution in [2.45, 2.75) is 20.8 Å². The Balaban J connectivity index is 2.22. The molecule has 1 heterocycles. The van der Waals surface area contributed by atoms with Crippen LogP contribution in [0.5, 0.6) is 0 Å². The Hall–Kier alpha value is -3.18. The third kappa shape index (κ3) is 5.16. The number of guanidine groups is 1. The molecule has 0 radical (unpaired) electrons. The van der Waals surface area contributed by atoms with Gasteiger partial charge in [0.1, 0.15) is 5.01 Å². The normalized spacial score (nSPS) is 10.7. The molecule has 0 aliphatic heterocycles. The van der Waals surface area contributed by atoms with Crippen LogP contribution in [0.4, 0.5) is 0 Å². The Morgan fingerprint density at radius 2 is 1.96 bits per heavy atom. The van der Waals surface area contributed by atoms with Crippen LogP contribution in [0.2, 0.25) is 0 Å². The second-order valence-electron chi connectivity index (χ2n) is 5.19. The van der Waals surface area contributed by atoms with E-state index in [0.29, 0.717) is 12.3 Å². The van der Waals surface area contributed by atoms with Gasteiger partial charge in [-0.05, 0) is 32.9 Å². The fourth-order valence-corrected chi connectivity index (χ4v) is 3.03. The molecular formula is C18H19N5O2S. The van der Waals surface area contributed by atoms with Gasteiger partial charge in [-0.3, -0.25) is 0 Å². The topological polar surface area (TPSA) is 116 Å². The Bertz CT molecular complexity index is 913. The number of esters is 1. The van der Waals surface area contributed by atoms with Crippen molar-refractivity contribution in [2.75, 3.05) is 6.61 Å². The van der Waals surface area contributed by atoms with Crippen molar-refractivity contribution in [3.63, 3.8) is 0 Å². The second-order valence-corrected chi connectivity index (χ2v) is 6.19. The van der Waals surface area contributed by atoms with Crippen LogP contribution in [0, 0.1) is 18.8 Å². The summed E-state index contributed by atoms with van der Waals surface area (Å²) in [5, 5.41) is 8.51. The summed E-state index contributed by atoms with van der Waals surface area (Å²) in [4.78, 5) is 16.8. The summed E-state index contributed by atoms with van der Waals surface area (Å²) in [5.74, 6) is 4.58. The van der Waals surface area contributed by atoms with Gasteiger partial charge in [0.2, 0.25) is 5.96 Å². The summed E-state index contributed by atoms with van der Waals surface area (Å²) in [6.45, 7) is 5.78. The summed E-state index contributed by atoms with van der Waals surface area (Å²) in [6, 6.07) is 7.47. The molecule has 0 saturated heterocycles. The van der Waals surface area contributed by atoms with Crippen LogP contribution < -0.4 is 11.5 Å². The second kappa shape index (κ2) is 8.78. The van der Waals surface area contributed by atoms with Crippen molar-refractivity contribution >= 4 is 29.0 Å². The third-order valence-corrected chi connectivity index (χ3v) is 4.47. The van der Waals surface area contributed by atoms with E-state index in [9.17, 15) is 4.79 Å². The molecular weight excluding hydrogens is 350 g/mol. The van der Waals surface area contributed by atoms with Gasteiger partial charge in [0.15, 0.2) is 0 Å². The Kier molecular flexibility index (Phi) is 6.47. The number of ether oxygens (including phenoxy) is 1. The third-order valence-electron chi connectivity index (χ3n) is 3.16. The van der Waals surface area contributed by atoms with E-state index < -0.39 is 5.97 Å². The number of carbonyl (C=O) groups excluding carboxylic acids is 1. The van der Waals surface area contributed by atoms with Gasteiger partial charge < -0.3 is 16.2 Å². The van der Waals surface area contributed by atoms with Crippen molar-refractivity contribution in [2.24, 2.45) is 21.7 Å². The molecule has 0 spiro atoms. The predicted octanol–water partition coefficient (Wildman–Crippen LogP) is 2.03. The molecule has 1 aromatic carbocycles. The summed E-state index contributed by atoms with van der Waals surface area (Å²) in [6.07, 6.45) is 0. The maximum Gasteiger partial charge on any atom is 0.384 e. The quantitative estimate of drug-likeness (QED) is 0.281. The van der Waals surface area contributed by atoms with Gasteiger partial charge in [-0.25, -0.2) is 9.78 Å². The zero-order valence-electron chi connectivity index (χ0n) is 14.7. The van der Waals surface area contributed by atoms with Gasteiger partial charge in [0.05, 0.1) is 22.9 Å². The van der Waals surface area contributed by atoms with Gasteiger partial charge in [-0.2, -0.15) is 5.10 Å². The fraction of sp³-hybridized carbons (Fsp3) is 0.222. The standard InChI is InChI=1S/C18H19N5O2S/c1-4-25-15(24)10-7-13-5-8-14(9-6-13)17-21-11(2)16(26-17)12(3)22-23-18(19)20/h5-6,8-9H,4H2,1-3H3,(H4,19,20,23)/b22-12+. The average molecular weight is 369 g/mol. The number of hydrogen-bond donors (Lipinski definition) is 2. The van der Waals surface area contributed by atoms with E-state index in [0.717, 1.165) is 26.7 Å². The van der Waals surface area contributed by atoms with Crippen LogP contribution in [-0.2, 0) is 9.53 Å². The first-order chi connectivity index (χ1) is 12.4. The van der Waals surface area contributed by atoms with E-state index in [2.05, 4.69) is 27.0 Å². The minimum Gasteiger partial charge on any atom is -0.456 e. The Labute approximate surface area is 155 Å². The van der Waals surface area contributed by atoms with E-state index in [4.69, 9.17) is 16.2 Å². The molecule has 8 heteroatoms. The van der Waals surface area contributed by atoms with E-state index in [-0.39, 0.29) is 5.96 Å². The smallest absolute Gasteiger partial charge is 0.384 e. The van der Waals surface area contributed by atoms with Gasteiger partial charge in [-0.15, -0.1) is 16.4 Å². The first-order valence-electron chi connectivity index (χ1n) is 7.81. The molecule has 2 rings (SSSR count). The molecule has 0 saturated carbocycles. The largest absolute Gasteiger partial charge is 0.456 e. The summed E-state index contributed by atoms with van der Waals surface area (Å²) in [5.41, 5.74) is 13.8. The molecule has 0 aliphatic carbocycles. The lowest BCUT2D eigenvalue weighted by Gasteiger charge is -1.96. The highest BCUT2D eigenvalue weighted by atomic mass is 32.1. The minimum absolute atomic E-state index is 0.0914. The fourth-order valence-electron chi connectivity index (χ4n) is 2.02. The minimum atomic E-state index is -0.535. The average Bonchev–Trinajstić information content (AvgIpc) is 3.00. The van der Waals surface area contributed by atoms with Gasteiger partial charge in [0.25, 0.3) is 0 Å². The highest BCUT2D eigenvalue weighted by Crippen LogP contribution is 2.28. The molecule has 1 aromatic heterocycles. The molecule has 7 nitrogen and oxygen atoms in total. The lowest BCUT2D eigenvalue weighted by molar-refractivity contribution is -0.136. The summed E-state index contributed by atoms with van der Waals surface area (Å²) < 4.78 is 4.77. The SMILES string of the molecule is CCOC(=O)C#Cc1ccc(-c2nc(C)c(/C(C)=N/N=C(N)N)s2)cc1. The first-order valence-corrected chi connectivity index (χ1v) is 8.62. The lowest BCUT2D eigenvalue weighted by Crippen LogP contribution is -2.22. The number of hydrogen-bond acceptors (Lipinski definition) is 6. The highest BCUT2D eigenvalue weighted by molar-refractivity contribution is 7.17. The van der Waals surface area contributed by atoms with E-state index in [1.807, 2.05) is 38.1 Å². The van der Waals surface area contributed by atoms with Gasteiger partial charge in [-0.1, -0.05) is 18.1 Å². The van der Waals surface area contributed by atoms with Gasteiger partial charge >= 0.3 is 5.97 Å². The number of nitrogens with two attached hydrogens (primary N) is 2. The summed E-state index contributed by atoms with van der Waals surface area (Å²) in [7, 11) is 0. The van der Waals surface area contributed by atoms with Crippen molar-refractivity contribution in [3.8, 4) is 22.4 Å². The van der Waals surface area contributed by atoms with Crippen molar-refractivity contribution in [1.82, 2.24) is 4.98 Å². The number of nitrogens with zero attached hydrogens (tertiary/aromatic N) is 3. The van der Waals surface area contributed by atoms with Crippen LogP contribution in [0.25, 0.3) is 10.6 Å². The van der Waals surface area contributed by atoms with E-state index >= 15 is 0 Å². The van der Waals surface area contributed by atoms with E-state index in [1.54, 1.807) is 6.92 Å². The molecule has 134 valence electrons. The highest BCUT2D eigenvalue weighted by Gasteiger charge is 2.12. The summed E-state index contributed by atoms with van der Waals surface area (Å²) >= 11 is 1.50. The van der Waals surface area contributed by atoms with Crippen LogP contribution in [0.15, 0.2) is 34.5 Å². The number of aromatic nitrogens is 1. The van der Waals surface area contributed by atoms with Crippen LogP contribution in [0.1, 0.15) is 30.0 Å². The Morgan fingerprint density at radius 1 is 1.27 bits per heavy atom. The van der Waals surface area contributed by atoms with Crippen molar-refractivity contribution in [3.05, 3.63) is 40.4 Å². The molecule has 0 fully saturated rings. The number of carbonyl (C=O) groups is 1. The monoisotopic (exact) mass is 369 g/mol. The predicted molar refractivity (Wildman–Crippen MR) is 104 cm³/mol. The van der Waals surface area contributed by atoms with Crippen LogP contribution in [-0.4, -0.2) is 29.2 Å². The number of aryl methyl sites for hydroxylation is 1. The number of thiazole rings is 1. The first kappa shape index (κ1) is 19.1. The molecule has 2 aromatic rings. The number of rotatable bonds is 4. The van der Waals surface area contributed by atoms with E-state index in [1.165, 1.54) is 11.3 Å². The lowest BCUT2D eigenvalue weighted by atomic mass is 10.1. The Morgan fingerprint density at radius 3 is 2.58 bits per heavy atom. The molecule has 26 heavy (non-hydrogen) atoms. The maximum absolute atomic E-state index is 11.3. The molecule has 0 atom stereocenters. The zero-order valence-corrected chi connectivity index (χ0v) is 15.6. The molecule has 0 aliphatic rings. The number of benzene rings is 1. The van der Waals surface area contributed by atoms with Crippen LogP contribution in [0.3, 0.4) is 0 Å². The molecule has 0 unspecified atom stereocenters. The van der Waals surface area contributed by atoms with Crippen molar-refractivity contribution < 1.29 is 9.53 Å². The van der Waals surface area contributed by atoms with Gasteiger partial charge in [0, 0.05) is 17.0 Å². The van der Waals surface area contributed by atoms with Crippen LogP contribution >= 0.6 is 11.3 Å². The molecule has 0 amide bonds. The molecule has 0 bridgehead atoms. The zero-order chi connectivity index (χ0) is 19.1. The maximum atomic E-state index is 11.3. The molecule has 4 N–H and O–H groups in total.